The Balaban J connectivity index is 1.89. The first-order valence-corrected chi connectivity index (χ1v) is 7.19. The zero-order chi connectivity index (χ0) is 12.3. The van der Waals surface area contributed by atoms with E-state index < -0.39 is 0 Å². The van der Waals surface area contributed by atoms with E-state index in [1.807, 2.05) is 0 Å². The molecule has 0 heterocycles. The van der Waals surface area contributed by atoms with Crippen LogP contribution in [0.25, 0.3) is 0 Å². The van der Waals surface area contributed by atoms with Crippen LogP contribution in [0.1, 0.15) is 29.5 Å². The molecule has 0 saturated heterocycles. The average Bonchev–Trinajstić information content (AvgIpc) is 3.10. The molecular weight excluding hydrogens is 280 g/mol. The van der Waals surface area contributed by atoms with Crippen molar-refractivity contribution < 1.29 is 9.47 Å². The summed E-state index contributed by atoms with van der Waals surface area (Å²) in [5, 5.41) is 0.882. The summed E-state index contributed by atoms with van der Waals surface area (Å²) in [6.07, 6.45) is 2.63. The van der Waals surface area contributed by atoms with Crippen LogP contribution < -0.4 is 4.74 Å². The minimum atomic E-state index is 0.367. The molecule has 0 atom stereocenters. The number of aryl methyl sites for hydroxylation is 2. The van der Waals surface area contributed by atoms with Gasteiger partial charge in [0.1, 0.15) is 5.75 Å². The molecule has 0 bridgehead atoms. The third-order valence-corrected chi connectivity index (χ3v) is 3.66. The standard InChI is InChI=1S/C14H19BrO2/c1-10-5-13(7-15)6-11(2)14(10)17-9-16-8-12-3-4-12/h5-6,12H,3-4,7-9H2,1-2H3. The maximum Gasteiger partial charge on any atom is 0.189 e. The predicted molar refractivity (Wildman–Crippen MR) is 72.7 cm³/mol. The van der Waals surface area contributed by atoms with Crippen molar-refractivity contribution >= 4 is 15.9 Å². The van der Waals surface area contributed by atoms with Crippen molar-refractivity contribution in [3.05, 3.63) is 28.8 Å². The highest BCUT2D eigenvalue weighted by atomic mass is 79.9. The van der Waals surface area contributed by atoms with Gasteiger partial charge >= 0.3 is 0 Å². The summed E-state index contributed by atoms with van der Waals surface area (Å²) < 4.78 is 11.2. The van der Waals surface area contributed by atoms with Crippen LogP contribution in [0.15, 0.2) is 12.1 Å². The third-order valence-electron chi connectivity index (χ3n) is 3.01. The summed E-state index contributed by atoms with van der Waals surface area (Å²) in [5.41, 5.74) is 3.63. The van der Waals surface area contributed by atoms with Gasteiger partial charge in [0, 0.05) is 5.33 Å². The van der Waals surface area contributed by atoms with Gasteiger partial charge in [-0.1, -0.05) is 28.1 Å². The van der Waals surface area contributed by atoms with E-state index in [1.54, 1.807) is 0 Å². The maximum absolute atomic E-state index is 5.71. The van der Waals surface area contributed by atoms with Crippen molar-refractivity contribution in [2.45, 2.75) is 32.0 Å². The molecule has 0 amide bonds. The summed E-state index contributed by atoms with van der Waals surface area (Å²) >= 11 is 3.47. The van der Waals surface area contributed by atoms with Crippen LogP contribution in [-0.2, 0) is 10.1 Å². The van der Waals surface area contributed by atoms with Crippen molar-refractivity contribution in [1.29, 1.82) is 0 Å². The largest absolute Gasteiger partial charge is 0.467 e. The molecule has 94 valence electrons. The SMILES string of the molecule is Cc1cc(CBr)cc(C)c1OCOCC1CC1. The number of benzene rings is 1. The van der Waals surface area contributed by atoms with Crippen LogP contribution in [0, 0.1) is 19.8 Å². The van der Waals surface area contributed by atoms with E-state index in [1.165, 1.54) is 29.5 Å². The number of hydrogen-bond donors (Lipinski definition) is 0. The van der Waals surface area contributed by atoms with E-state index >= 15 is 0 Å². The molecule has 0 aromatic heterocycles. The lowest BCUT2D eigenvalue weighted by Crippen LogP contribution is -2.07. The zero-order valence-electron chi connectivity index (χ0n) is 10.5. The molecule has 2 nitrogen and oxygen atoms in total. The Morgan fingerprint density at radius 3 is 2.41 bits per heavy atom. The second-order valence-corrected chi connectivity index (χ2v) is 5.33. The molecule has 1 aliphatic rings. The summed E-state index contributed by atoms with van der Waals surface area (Å²) in [7, 11) is 0. The summed E-state index contributed by atoms with van der Waals surface area (Å²) in [6.45, 7) is 5.37. The monoisotopic (exact) mass is 298 g/mol. The van der Waals surface area contributed by atoms with Gasteiger partial charge in [0.2, 0.25) is 0 Å². The number of hydrogen-bond acceptors (Lipinski definition) is 2. The minimum absolute atomic E-state index is 0.367. The van der Waals surface area contributed by atoms with E-state index in [9.17, 15) is 0 Å². The first-order chi connectivity index (χ1) is 8.20. The van der Waals surface area contributed by atoms with Gasteiger partial charge in [0.15, 0.2) is 6.79 Å². The molecule has 0 aliphatic heterocycles. The summed E-state index contributed by atoms with van der Waals surface area (Å²) in [5.74, 6) is 1.75. The van der Waals surface area contributed by atoms with Gasteiger partial charge in [-0.2, -0.15) is 0 Å². The number of halogens is 1. The van der Waals surface area contributed by atoms with E-state index in [2.05, 4.69) is 41.9 Å². The number of alkyl halides is 1. The van der Waals surface area contributed by atoms with Crippen molar-refractivity contribution in [3.63, 3.8) is 0 Å². The van der Waals surface area contributed by atoms with Crippen LogP contribution in [0.3, 0.4) is 0 Å². The minimum Gasteiger partial charge on any atom is -0.467 e. The van der Waals surface area contributed by atoms with Crippen molar-refractivity contribution in [1.82, 2.24) is 0 Å². The Kier molecular flexibility index (Phi) is 4.46. The third kappa shape index (κ3) is 3.71. The Morgan fingerprint density at radius 1 is 1.24 bits per heavy atom. The van der Waals surface area contributed by atoms with Gasteiger partial charge in [-0.3, -0.25) is 0 Å². The van der Waals surface area contributed by atoms with E-state index in [4.69, 9.17) is 9.47 Å². The fraction of sp³-hybridized carbons (Fsp3) is 0.571. The number of rotatable bonds is 6. The van der Waals surface area contributed by atoms with Crippen LogP contribution >= 0.6 is 15.9 Å². The van der Waals surface area contributed by atoms with Gasteiger partial charge < -0.3 is 9.47 Å². The number of ether oxygens (including phenoxy) is 2. The smallest absolute Gasteiger partial charge is 0.189 e. The molecule has 2 rings (SSSR count). The second-order valence-electron chi connectivity index (χ2n) is 4.77. The van der Waals surface area contributed by atoms with Crippen LogP contribution in [-0.4, -0.2) is 13.4 Å². The summed E-state index contributed by atoms with van der Waals surface area (Å²) in [4.78, 5) is 0. The lowest BCUT2D eigenvalue weighted by molar-refractivity contribution is 0.00923. The second kappa shape index (κ2) is 5.87. The molecule has 3 heteroatoms. The molecule has 1 aromatic rings. The Morgan fingerprint density at radius 2 is 1.88 bits per heavy atom. The Bertz CT molecular complexity index is 363. The zero-order valence-corrected chi connectivity index (χ0v) is 12.0. The van der Waals surface area contributed by atoms with Gasteiger partial charge in [0.25, 0.3) is 0 Å². The molecule has 1 saturated carbocycles. The van der Waals surface area contributed by atoms with E-state index in [0.717, 1.165) is 23.6 Å². The van der Waals surface area contributed by atoms with Crippen LogP contribution in [0.5, 0.6) is 5.75 Å². The van der Waals surface area contributed by atoms with E-state index in [-0.39, 0.29) is 0 Å². The van der Waals surface area contributed by atoms with Crippen molar-refractivity contribution in [2.24, 2.45) is 5.92 Å². The van der Waals surface area contributed by atoms with Gasteiger partial charge in [0.05, 0.1) is 6.61 Å². The molecule has 0 N–H and O–H groups in total. The molecular formula is C14H19BrO2. The topological polar surface area (TPSA) is 18.5 Å². The first-order valence-electron chi connectivity index (χ1n) is 6.07. The molecule has 0 spiro atoms. The van der Waals surface area contributed by atoms with Gasteiger partial charge in [-0.05, 0) is 49.3 Å². The van der Waals surface area contributed by atoms with Crippen LogP contribution in [0.2, 0.25) is 0 Å². The first kappa shape index (κ1) is 12.9. The molecule has 0 unspecified atom stereocenters. The lowest BCUT2D eigenvalue weighted by Gasteiger charge is -2.13. The van der Waals surface area contributed by atoms with Gasteiger partial charge in [-0.25, -0.2) is 0 Å². The predicted octanol–water partition coefficient (Wildman–Crippen LogP) is 3.96. The molecule has 1 aromatic carbocycles. The highest BCUT2D eigenvalue weighted by molar-refractivity contribution is 9.08. The van der Waals surface area contributed by atoms with Crippen molar-refractivity contribution in [2.75, 3.05) is 13.4 Å². The lowest BCUT2D eigenvalue weighted by atomic mass is 10.1. The van der Waals surface area contributed by atoms with Crippen molar-refractivity contribution in [3.8, 4) is 5.75 Å². The normalized spacial score (nSPS) is 15.0. The molecule has 0 radical (unpaired) electrons. The highest BCUT2D eigenvalue weighted by Gasteiger charge is 2.21. The highest BCUT2D eigenvalue weighted by Crippen LogP contribution is 2.29. The quantitative estimate of drug-likeness (QED) is 0.450. The van der Waals surface area contributed by atoms with Gasteiger partial charge in [-0.15, -0.1) is 0 Å². The fourth-order valence-electron chi connectivity index (χ4n) is 1.94. The fourth-order valence-corrected chi connectivity index (χ4v) is 2.27. The molecule has 1 fully saturated rings. The molecule has 17 heavy (non-hydrogen) atoms. The Hall–Kier alpha value is -0.540. The maximum atomic E-state index is 5.71. The Labute approximate surface area is 111 Å². The van der Waals surface area contributed by atoms with E-state index in [0.29, 0.717) is 6.79 Å². The summed E-state index contributed by atoms with van der Waals surface area (Å²) in [6, 6.07) is 4.30. The molecule has 1 aliphatic carbocycles. The average molecular weight is 299 g/mol. The van der Waals surface area contributed by atoms with Crippen LogP contribution in [0.4, 0.5) is 0 Å².